The monoisotopic (exact) mass is 330 g/mol. The summed E-state index contributed by atoms with van der Waals surface area (Å²) in [5, 5.41) is 28.8. The molecular formula is C16H26O7. The van der Waals surface area contributed by atoms with Crippen LogP contribution < -0.4 is 0 Å². The van der Waals surface area contributed by atoms with Crippen molar-refractivity contribution in [3.63, 3.8) is 0 Å². The Bertz CT molecular complexity index is 440. The third-order valence-electron chi connectivity index (χ3n) is 3.25. The second kappa shape index (κ2) is 10.9. The summed E-state index contributed by atoms with van der Waals surface area (Å²) in [6.45, 7) is 4.64. The molecule has 7 nitrogen and oxygen atoms in total. The van der Waals surface area contributed by atoms with E-state index < -0.39 is 36.4 Å². The molecule has 0 aromatic rings. The molecule has 0 aliphatic heterocycles. The van der Waals surface area contributed by atoms with Gasteiger partial charge in [0.2, 0.25) is 0 Å². The molecular weight excluding hydrogens is 304 g/mol. The molecule has 0 rings (SSSR count). The van der Waals surface area contributed by atoms with Crippen LogP contribution in [0.1, 0.15) is 33.6 Å². The van der Waals surface area contributed by atoms with E-state index in [-0.39, 0.29) is 12.8 Å². The number of methoxy groups -OCH3 is 1. The molecule has 0 aromatic carbocycles. The second-order valence-corrected chi connectivity index (χ2v) is 5.14. The molecule has 23 heavy (non-hydrogen) atoms. The van der Waals surface area contributed by atoms with E-state index in [1.165, 1.54) is 26.2 Å². The number of aliphatic hydroxyl groups is 3. The first-order valence-corrected chi connectivity index (χ1v) is 7.36. The van der Waals surface area contributed by atoms with Crippen LogP contribution in [-0.4, -0.2) is 58.8 Å². The van der Waals surface area contributed by atoms with Crippen molar-refractivity contribution >= 4 is 11.9 Å². The number of hydrogen-bond donors (Lipinski definition) is 3. The van der Waals surface area contributed by atoms with Crippen molar-refractivity contribution < 1.29 is 34.4 Å². The molecule has 0 radical (unpaired) electrons. The van der Waals surface area contributed by atoms with Crippen molar-refractivity contribution in [3.05, 3.63) is 23.8 Å². The molecule has 0 amide bonds. The number of carbonyl (C=O) groups excluding carboxylic acids is 2. The summed E-state index contributed by atoms with van der Waals surface area (Å²) in [5.41, 5.74) is 0.369. The van der Waals surface area contributed by atoms with Crippen molar-refractivity contribution in [2.24, 2.45) is 0 Å². The third-order valence-corrected chi connectivity index (χ3v) is 3.25. The van der Waals surface area contributed by atoms with Gasteiger partial charge in [-0.3, -0.25) is 4.79 Å². The largest absolute Gasteiger partial charge is 0.469 e. The van der Waals surface area contributed by atoms with E-state index in [0.717, 1.165) is 0 Å². The van der Waals surface area contributed by atoms with E-state index in [0.29, 0.717) is 5.57 Å². The fourth-order valence-corrected chi connectivity index (χ4v) is 1.52. The van der Waals surface area contributed by atoms with Crippen LogP contribution in [0, 0.1) is 0 Å². The molecule has 0 aliphatic carbocycles. The number of esters is 2. The standard InChI is InChI=1S/C16H26O7/c1-5-10(2)16(21)23-14(8-9-15(20)22-4)13(19)7-6-12(18)11(3)17/h5-7,11-14,17-19H,8-9H2,1-4H3/b7-6+,10-5+/t11-,12-,13-,14-/m0/s1. The summed E-state index contributed by atoms with van der Waals surface area (Å²) < 4.78 is 9.71. The Labute approximate surface area is 136 Å². The Morgan fingerprint density at radius 2 is 1.70 bits per heavy atom. The maximum absolute atomic E-state index is 11.8. The fourth-order valence-electron chi connectivity index (χ4n) is 1.52. The van der Waals surface area contributed by atoms with Gasteiger partial charge in [-0.15, -0.1) is 0 Å². The van der Waals surface area contributed by atoms with Crippen LogP contribution in [0.3, 0.4) is 0 Å². The van der Waals surface area contributed by atoms with Crippen LogP contribution in [0.15, 0.2) is 23.8 Å². The van der Waals surface area contributed by atoms with Crippen molar-refractivity contribution in [2.45, 2.75) is 58.0 Å². The molecule has 0 fully saturated rings. The highest BCUT2D eigenvalue weighted by molar-refractivity contribution is 5.87. The summed E-state index contributed by atoms with van der Waals surface area (Å²) in [5.74, 6) is -1.10. The van der Waals surface area contributed by atoms with Gasteiger partial charge < -0.3 is 24.8 Å². The van der Waals surface area contributed by atoms with Crippen LogP contribution in [0.2, 0.25) is 0 Å². The molecule has 0 saturated heterocycles. The van der Waals surface area contributed by atoms with E-state index in [4.69, 9.17) is 4.74 Å². The minimum atomic E-state index is -1.23. The molecule has 0 bridgehead atoms. The maximum Gasteiger partial charge on any atom is 0.333 e. The second-order valence-electron chi connectivity index (χ2n) is 5.14. The zero-order valence-electron chi connectivity index (χ0n) is 13.9. The van der Waals surface area contributed by atoms with Crippen LogP contribution in [0.4, 0.5) is 0 Å². The molecule has 4 atom stereocenters. The predicted octanol–water partition coefficient (Wildman–Crippen LogP) is 0.476. The van der Waals surface area contributed by atoms with Crippen LogP contribution in [-0.2, 0) is 19.1 Å². The molecule has 0 unspecified atom stereocenters. The SMILES string of the molecule is C/C=C(\C)C(=O)O[C@@H](CCC(=O)OC)[C@@H](O)/C=C/[C@H](O)[C@H](C)O. The van der Waals surface area contributed by atoms with Gasteiger partial charge in [0.15, 0.2) is 0 Å². The predicted molar refractivity (Wildman–Crippen MR) is 83.4 cm³/mol. The summed E-state index contributed by atoms with van der Waals surface area (Å²) in [6, 6.07) is 0. The van der Waals surface area contributed by atoms with Gasteiger partial charge in [-0.05, 0) is 27.2 Å². The van der Waals surface area contributed by atoms with Gasteiger partial charge in [-0.2, -0.15) is 0 Å². The summed E-state index contributed by atoms with van der Waals surface area (Å²) in [7, 11) is 1.24. The Kier molecular flexibility index (Phi) is 10.1. The topological polar surface area (TPSA) is 113 Å². The lowest BCUT2D eigenvalue weighted by Crippen LogP contribution is -2.31. The summed E-state index contributed by atoms with van der Waals surface area (Å²) in [6.07, 6.45) is -0.346. The van der Waals surface area contributed by atoms with E-state index in [2.05, 4.69) is 4.74 Å². The lowest BCUT2D eigenvalue weighted by molar-refractivity contribution is -0.151. The van der Waals surface area contributed by atoms with E-state index in [1.54, 1.807) is 19.9 Å². The highest BCUT2D eigenvalue weighted by atomic mass is 16.6. The minimum Gasteiger partial charge on any atom is -0.469 e. The van der Waals surface area contributed by atoms with Gasteiger partial charge in [-0.1, -0.05) is 18.2 Å². The average molecular weight is 330 g/mol. The van der Waals surface area contributed by atoms with Gasteiger partial charge >= 0.3 is 11.9 Å². The van der Waals surface area contributed by atoms with Gasteiger partial charge in [0.25, 0.3) is 0 Å². The minimum absolute atomic E-state index is 0.0345. The van der Waals surface area contributed by atoms with Gasteiger partial charge in [0.05, 0.1) is 19.3 Å². The molecule has 0 spiro atoms. The number of rotatable bonds is 9. The van der Waals surface area contributed by atoms with Gasteiger partial charge in [0, 0.05) is 12.0 Å². The number of carbonyl (C=O) groups is 2. The zero-order chi connectivity index (χ0) is 18.0. The van der Waals surface area contributed by atoms with Crippen LogP contribution in [0.5, 0.6) is 0 Å². The molecule has 0 aromatic heterocycles. The number of aliphatic hydroxyl groups excluding tert-OH is 3. The molecule has 0 saturated carbocycles. The van der Waals surface area contributed by atoms with E-state index >= 15 is 0 Å². The van der Waals surface area contributed by atoms with Crippen molar-refractivity contribution in [3.8, 4) is 0 Å². The Morgan fingerprint density at radius 1 is 1.13 bits per heavy atom. The maximum atomic E-state index is 11.8. The summed E-state index contributed by atoms with van der Waals surface area (Å²) >= 11 is 0. The summed E-state index contributed by atoms with van der Waals surface area (Å²) in [4.78, 5) is 23.0. The van der Waals surface area contributed by atoms with Crippen molar-refractivity contribution in [1.29, 1.82) is 0 Å². The Hall–Kier alpha value is -1.70. The van der Waals surface area contributed by atoms with Crippen LogP contribution >= 0.6 is 0 Å². The number of hydrogen-bond acceptors (Lipinski definition) is 7. The highest BCUT2D eigenvalue weighted by Crippen LogP contribution is 2.13. The third kappa shape index (κ3) is 8.49. The van der Waals surface area contributed by atoms with E-state index in [1.807, 2.05) is 0 Å². The molecule has 7 heteroatoms. The normalized spacial score (nSPS) is 17.4. The smallest absolute Gasteiger partial charge is 0.333 e. The lowest BCUT2D eigenvalue weighted by Gasteiger charge is -2.21. The first-order chi connectivity index (χ1) is 10.7. The number of ether oxygens (including phenoxy) is 2. The molecule has 0 aliphatic rings. The first-order valence-electron chi connectivity index (χ1n) is 7.36. The van der Waals surface area contributed by atoms with Gasteiger partial charge in [-0.25, -0.2) is 4.79 Å². The first kappa shape index (κ1) is 21.3. The van der Waals surface area contributed by atoms with Crippen molar-refractivity contribution in [2.75, 3.05) is 7.11 Å². The fraction of sp³-hybridized carbons (Fsp3) is 0.625. The molecule has 0 heterocycles. The quantitative estimate of drug-likeness (QED) is 0.320. The van der Waals surface area contributed by atoms with Crippen molar-refractivity contribution in [1.82, 2.24) is 0 Å². The Morgan fingerprint density at radius 3 is 2.17 bits per heavy atom. The average Bonchev–Trinajstić information content (AvgIpc) is 2.54. The highest BCUT2D eigenvalue weighted by Gasteiger charge is 2.23. The van der Waals surface area contributed by atoms with E-state index in [9.17, 15) is 24.9 Å². The molecule has 132 valence electrons. The number of allylic oxidation sites excluding steroid dienone is 1. The van der Waals surface area contributed by atoms with Crippen LogP contribution in [0.25, 0.3) is 0 Å². The zero-order valence-corrected chi connectivity index (χ0v) is 13.9. The lowest BCUT2D eigenvalue weighted by atomic mass is 10.1. The molecule has 3 N–H and O–H groups in total. The van der Waals surface area contributed by atoms with Gasteiger partial charge in [0.1, 0.15) is 12.2 Å². The Balaban J connectivity index is 4.94.